The second-order valence-corrected chi connectivity index (χ2v) is 9.59. The van der Waals surface area contributed by atoms with E-state index in [0.717, 1.165) is 0 Å². The largest absolute Gasteiger partial charge is 0.481 e. The van der Waals surface area contributed by atoms with E-state index in [0.29, 0.717) is 37.4 Å². The number of carboxylic acids is 1. The summed E-state index contributed by atoms with van der Waals surface area (Å²) in [6.45, 7) is 2.65. The summed E-state index contributed by atoms with van der Waals surface area (Å²) in [7, 11) is 0. The van der Waals surface area contributed by atoms with Gasteiger partial charge in [0, 0.05) is 42.0 Å². The lowest BCUT2D eigenvalue weighted by Crippen LogP contribution is -2.42. The fraction of sp³-hybridized carbons (Fsp3) is 0.417. The maximum Gasteiger partial charge on any atom is 0.429 e. The van der Waals surface area contributed by atoms with Crippen LogP contribution in [0.15, 0.2) is 36.5 Å². The first kappa shape index (κ1) is 27.5. The number of carboxylic acid groups (broad SMARTS) is 1. The molecule has 204 valence electrons. The second kappa shape index (κ2) is 11.0. The molecule has 1 aliphatic heterocycles. The summed E-state index contributed by atoms with van der Waals surface area (Å²) in [4.78, 5) is 20.9. The van der Waals surface area contributed by atoms with Gasteiger partial charge in [0.2, 0.25) is 17.9 Å². The second-order valence-electron chi connectivity index (χ2n) is 9.15. The maximum absolute atomic E-state index is 14.3. The summed E-state index contributed by atoms with van der Waals surface area (Å²) >= 11 is 6.09. The summed E-state index contributed by atoms with van der Waals surface area (Å²) in [5.41, 5.74) is 12.4. The highest BCUT2D eigenvalue weighted by molar-refractivity contribution is 6.30. The number of aliphatic carboxylic acids is 1. The summed E-state index contributed by atoms with van der Waals surface area (Å²) in [6.07, 6.45) is -4.63. The zero-order valence-corrected chi connectivity index (χ0v) is 21.2. The van der Waals surface area contributed by atoms with E-state index in [1.807, 2.05) is 4.90 Å². The number of anilines is 2. The Hall–Kier alpha value is -3.58. The molecule has 1 fully saturated rings. The van der Waals surface area contributed by atoms with Gasteiger partial charge in [-0.3, -0.25) is 4.79 Å². The Morgan fingerprint density at radius 1 is 1.24 bits per heavy atom. The highest BCUT2D eigenvalue weighted by atomic mass is 35.5. The van der Waals surface area contributed by atoms with Gasteiger partial charge in [-0.15, -0.1) is 0 Å². The lowest BCUT2D eigenvalue weighted by molar-refractivity contribution is -0.198. The minimum atomic E-state index is -4.82. The molecule has 14 heteroatoms. The van der Waals surface area contributed by atoms with Crippen molar-refractivity contribution in [2.75, 3.05) is 23.7 Å². The molecule has 2 atom stereocenters. The van der Waals surface area contributed by atoms with Crippen molar-refractivity contribution < 1.29 is 27.8 Å². The molecule has 10 nitrogen and oxygen atoms in total. The van der Waals surface area contributed by atoms with Crippen molar-refractivity contribution in [1.29, 1.82) is 0 Å². The summed E-state index contributed by atoms with van der Waals surface area (Å²) in [5, 5.41) is 13.4. The van der Waals surface area contributed by atoms with Crippen LogP contribution in [0.4, 0.5) is 24.9 Å². The Morgan fingerprint density at radius 3 is 2.55 bits per heavy atom. The van der Waals surface area contributed by atoms with Crippen LogP contribution in [0.3, 0.4) is 0 Å². The Balaban J connectivity index is 1.60. The van der Waals surface area contributed by atoms with Crippen molar-refractivity contribution in [2.45, 2.75) is 44.5 Å². The molecule has 0 aliphatic carbocycles. The van der Waals surface area contributed by atoms with E-state index in [1.54, 1.807) is 13.0 Å². The average Bonchev–Trinajstić information content (AvgIpc) is 3.27. The average molecular weight is 554 g/mol. The van der Waals surface area contributed by atoms with Gasteiger partial charge in [0.25, 0.3) is 0 Å². The normalized spacial score (nSPS) is 16.3. The zero-order valence-electron chi connectivity index (χ0n) is 20.4. The highest BCUT2D eigenvalue weighted by Gasteiger charge is 2.45. The van der Waals surface area contributed by atoms with Gasteiger partial charge in [0.15, 0.2) is 0 Å². The number of piperidine rings is 1. The molecule has 0 radical (unpaired) electrons. The molecule has 0 spiro atoms. The number of nitrogen functional groups attached to an aromatic ring is 1. The number of ether oxygens (including phenoxy) is 1. The van der Waals surface area contributed by atoms with Crippen molar-refractivity contribution in [1.82, 2.24) is 19.7 Å². The van der Waals surface area contributed by atoms with E-state index >= 15 is 0 Å². The third-order valence-electron chi connectivity index (χ3n) is 6.37. The Kier molecular flexibility index (Phi) is 7.97. The van der Waals surface area contributed by atoms with Gasteiger partial charge in [-0.05, 0) is 43.9 Å². The third-order valence-corrected chi connectivity index (χ3v) is 6.60. The Morgan fingerprint density at radius 2 is 1.95 bits per heavy atom. The first-order valence-corrected chi connectivity index (χ1v) is 12.2. The molecule has 0 bridgehead atoms. The van der Waals surface area contributed by atoms with E-state index in [2.05, 4.69) is 15.1 Å². The molecule has 3 aromatic rings. The molecule has 2 aromatic heterocycles. The van der Waals surface area contributed by atoms with Crippen molar-refractivity contribution in [3.05, 3.63) is 52.8 Å². The molecular formula is C24H27ClF3N7O3. The van der Waals surface area contributed by atoms with Crippen LogP contribution in [-0.2, 0) is 4.79 Å². The van der Waals surface area contributed by atoms with Gasteiger partial charge in [-0.1, -0.05) is 17.7 Å². The van der Waals surface area contributed by atoms with Crippen LogP contribution >= 0.6 is 11.6 Å². The van der Waals surface area contributed by atoms with Gasteiger partial charge in [-0.2, -0.15) is 28.2 Å². The summed E-state index contributed by atoms with van der Waals surface area (Å²) in [6, 6.07) is 6.44. The number of hydrogen-bond donors (Lipinski definition) is 3. The molecule has 1 aliphatic rings. The predicted octanol–water partition coefficient (Wildman–Crippen LogP) is 3.91. The minimum Gasteiger partial charge on any atom is -0.481 e. The highest BCUT2D eigenvalue weighted by Crippen LogP contribution is 2.40. The molecular weight excluding hydrogens is 527 g/mol. The molecule has 0 saturated carbocycles. The van der Waals surface area contributed by atoms with E-state index in [9.17, 15) is 18.0 Å². The maximum atomic E-state index is 14.3. The van der Waals surface area contributed by atoms with Crippen LogP contribution in [0.1, 0.15) is 36.6 Å². The lowest BCUT2D eigenvalue weighted by atomic mass is 9.88. The fourth-order valence-electron chi connectivity index (χ4n) is 4.49. The topological polar surface area (TPSA) is 145 Å². The van der Waals surface area contributed by atoms with Gasteiger partial charge in [0.1, 0.15) is 5.82 Å². The third kappa shape index (κ3) is 6.45. The molecule has 1 saturated heterocycles. The quantitative estimate of drug-likeness (QED) is 0.378. The van der Waals surface area contributed by atoms with Crippen molar-refractivity contribution in [3.8, 4) is 11.6 Å². The molecule has 5 N–H and O–H groups in total. The Bertz CT molecular complexity index is 1300. The number of nitrogens with zero attached hydrogens (tertiary/aromatic N) is 5. The molecule has 1 aromatic carbocycles. The number of carbonyl (C=O) groups is 1. The van der Waals surface area contributed by atoms with Gasteiger partial charge < -0.3 is 26.2 Å². The van der Waals surface area contributed by atoms with Gasteiger partial charge in [-0.25, -0.2) is 4.68 Å². The number of aryl methyl sites for hydroxylation is 1. The van der Waals surface area contributed by atoms with Crippen molar-refractivity contribution in [3.63, 3.8) is 0 Å². The van der Waals surface area contributed by atoms with Crippen LogP contribution in [0.5, 0.6) is 5.88 Å². The first-order valence-electron chi connectivity index (χ1n) is 11.8. The monoisotopic (exact) mass is 553 g/mol. The van der Waals surface area contributed by atoms with Crippen LogP contribution in [0, 0.1) is 12.8 Å². The summed E-state index contributed by atoms with van der Waals surface area (Å²) in [5.74, 6) is -1.26. The Labute approximate surface area is 221 Å². The standard InChI is InChI=1S/C24H27ClF3N7O3/c1-13-4-9-35(33-13)18-10-15(25)2-3-16(18)22(24(26,27)28)38-20-12-19(31-23(30)32-20)34-7-5-14(6-8-34)17(29)11-21(36)37/h2-4,9-10,12,14,17,22H,5-8,11,29H2,1H3,(H,36,37)(H2,30,31,32)/t17?,22-/m1/s1. The number of nitrogens with two attached hydrogens (primary N) is 2. The molecule has 4 rings (SSSR count). The first-order chi connectivity index (χ1) is 17.9. The minimum absolute atomic E-state index is 0.00104. The molecule has 38 heavy (non-hydrogen) atoms. The number of benzene rings is 1. The number of rotatable bonds is 8. The zero-order chi connectivity index (χ0) is 27.6. The number of aromatic nitrogens is 4. The van der Waals surface area contributed by atoms with Crippen LogP contribution < -0.4 is 21.1 Å². The lowest BCUT2D eigenvalue weighted by Gasteiger charge is -2.35. The fourth-order valence-corrected chi connectivity index (χ4v) is 4.66. The van der Waals surface area contributed by atoms with Gasteiger partial charge >= 0.3 is 12.1 Å². The number of hydrogen-bond acceptors (Lipinski definition) is 8. The summed E-state index contributed by atoms with van der Waals surface area (Å²) < 4.78 is 49.7. The molecule has 1 unspecified atom stereocenters. The van der Waals surface area contributed by atoms with E-state index in [1.165, 1.54) is 35.1 Å². The van der Waals surface area contributed by atoms with Crippen molar-refractivity contribution in [2.24, 2.45) is 11.7 Å². The van der Waals surface area contributed by atoms with E-state index in [4.69, 9.17) is 32.9 Å². The smallest absolute Gasteiger partial charge is 0.429 e. The van der Waals surface area contributed by atoms with E-state index in [-0.39, 0.29) is 40.4 Å². The van der Waals surface area contributed by atoms with Crippen molar-refractivity contribution >= 4 is 29.3 Å². The molecule has 3 heterocycles. The van der Waals surface area contributed by atoms with E-state index < -0.39 is 24.3 Å². The SMILES string of the molecule is Cc1ccn(-c2cc(Cl)ccc2[C@@H](Oc2cc(N3CCC(C(N)CC(=O)O)CC3)nc(N)n2)C(F)(F)F)n1. The van der Waals surface area contributed by atoms with Crippen LogP contribution in [-0.4, -0.2) is 56.1 Å². The molecule has 0 amide bonds. The van der Waals surface area contributed by atoms with Crippen LogP contribution in [0.25, 0.3) is 5.69 Å². The predicted molar refractivity (Wildman–Crippen MR) is 134 cm³/mol. The van der Waals surface area contributed by atoms with Crippen LogP contribution in [0.2, 0.25) is 5.02 Å². The number of halogens is 4. The number of alkyl halides is 3. The van der Waals surface area contributed by atoms with Gasteiger partial charge in [0.05, 0.1) is 17.8 Å².